The highest BCUT2D eigenvalue weighted by molar-refractivity contribution is 5.90. The summed E-state index contributed by atoms with van der Waals surface area (Å²) in [5.41, 5.74) is 1.03. The zero-order valence-corrected chi connectivity index (χ0v) is 13.2. The SMILES string of the molecule is O=c1[nH]c(O)cc2c1=C(O)CC(=Cc1cc(O)c3ccccc3c1)C=2. The van der Waals surface area contributed by atoms with Crippen LogP contribution >= 0.6 is 0 Å². The molecule has 0 aliphatic heterocycles. The fourth-order valence-corrected chi connectivity index (χ4v) is 3.21. The fraction of sp³-hybridized carbons (Fsp3) is 0.0500. The second-order valence-corrected chi connectivity index (χ2v) is 6.06. The van der Waals surface area contributed by atoms with Crippen LogP contribution in [0.2, 0.25) is 0 Å². The van der Waals surface area contributed by atoms with E-state index in [1.165, 1.54) is 6.07 Å². The summed E-state index contributed by atoms with van der Waals surface area (Å²) in [7, 11) is 0. The van der Waals surface area contributed by atoms with Crippen LogP contribution in [-0.4, -0.2) is 20.3 Å². The molecule has 1 aliphatic carbocycles. The highest BCUT2D eigenvalue weighted by atomic mass is 16.3. The van der Waals surface area contributed by atoms with Crippen molar-refractivity contribution < 1.29 is 15.3 Å². The predicted octanol–water partition coefficient (Wildman–Crippen LogP) is 1.87. The number of pyridine rings is 1. The van der Waals surface area contributed by atoms with E-state index in [9.17, 15) is 20.1 Å². The maximum Gasteiger partial charge on any atom is 0.261 e. The molecule has 0 spiro atoms. The van der Waals surface area contributed by atoms with Gasteiger partial charge in [-0.2, -0.15) is 0 Å². The minimum absolute atomic E-state index is 0.0463. The van der Waals surface area contributed by atoms with E-state index in [1.54, 1.807) is 12.1 Å². The molecule has 0 unspecified atom stereocenters. The number of H-pyrrole nitrogens is 1. The van der Waals surface area contributed by atoms with Crippen molar-refractivity contribution in [3.63, 3.8) is 0 Å². The number of benzene rings is 2. The summed E-state index contributed by atoms with van der Waals surface area (Å²) in [4.78, 5) is 14.1. The Morgan fingerprint density at radius 2 is 1.84 bits per heavy atom. The van der Waals surface area contributed by atoms with Crippen LogP contribution in [0.1, 0.15) is 12.0 Å². The zero-order valence-electron chi connectivity index (χ0n) is 13.2. The summed E-state index contributed by atoms with van der Waals surface area (Å²) in [6, 6.07) is 12.5. The van der Waals surface area contributed by atoms with Gasteiger partial charge < -0.3 is 15.3 Å². The maximum absolute atomic E-state index is 11.9. The molecular formula is C20H15NO4. The summed E-state index contributed by atoms with van der Waals surface area (Å²) >= 11 is 0. The Labute approximate surface area is 142 Å². The molecule has 0 atom stereocenters. The molecule has 0 fully saturated rings. The molecule has 5 nitrogen and oxygen atoms in total. The minimum atomic E-state index is -0.522. The molecule has 4 N–H and O–H groups in total. The van der Waals surface area contributed by atoms with E-state index in [2.05, 4.69) is 4.98 Å². The van der Waals surface area contributed by atoms with Crippen LogP contribution in [0.25, 0.3) is 28.7 Å². The van der Waals surface area contributed by atoms with Crippen LogP contribution in [0.15, 0.2) is 52.8 Å². The molecular weight excluding hydrogens is 318 g/mol. The van der Waals surface area contributed by atoms with Crippen molar-refractivity contribution in [2.24, 2.45) is 0 Å². The molecule has 25 heavy (non-hydrogen) atoms. The minimum Gasteiger partial charge on any atom is -0.511 e. The summed E-state index contributed by atoms with van der Waals surface area (Å²) < 4.78 is 0. The van der Waals surface area contributed by atoms with Gasteiger partial charge in [0.2, 0.25) is 0 Å². The second-order valence-electron chi connectivity index (χ2n) is 6.06. The lowest BCUT2D eigenvalue weighted by atomic mass is 9.98. The summed E-state index contributed by atoms with van der Waals surface area (Å²) in [6.07, 6.45) is 3.79. The first-order chi connectivity index (χ1) is 12.0. The Hall–Kier alpha value is -3.47. The van der Waals surface area contributed by atoms with Crippen LogP contribution < -0.4 is 16.0 Å². The molecule has 1 heterocycles. The Balaban J connectivity index is 1.89. The smallest absolute Gasteiger partial charge is 0.261 e. The largest absolute Gasteiger partial charge is 0.511 e. The van der Waals surface area contributed by atoms with Gasteiger partial charge >= 0.3 is 0 Å². The molecule has 4 rings (SSSR count). The number of aromatic amines is 1. The predicted molar refractivity (Wildman–Crippen MR) is 96.7 cm³/mol. The number of phenols is 1. The van der Waals surface area contributed by atoms with E-state index in [0.717, 1.165) is 21.9 Å². The molecule has 1 aliphatic rings. The van der Waals surface area contributed by atoms with E-state index >= 15 is 0 Å². The number of hydrogen-bond donors (Lipinski definition) is 4. The van der Waals surface area contributed by atoms with Gasteiger partial charge in [-0.15, -0.1) is 0 Å². The normalized spacial score (nSPS) is 15.2. The van der Waals surface area contributed by atoms with Gasteiger partial charge in [-0.05, 0) is 33.9 Å². The van der Waals surface area contributed by atoms with Crippen LogP contribution in [0.4, 0.5) is 0 Å². The molecule has 0 radical (unpaired) electrons. The van der Waals surface area contributed by atoms with Gasteiger partial charge in [-0.1, -0.05) is 36.4 Å². The van der Waals surface area contributed by atoms with E-state index in [1.807, 2.05) is 36.4 Å². The van der Waals surface area contributed by atoms with Gasteiger partial charge in [0.05, 0.1) is 5.22 Å². The number of fused-ring (bicyclic) bond motifs is 2. The van der Waals surface area contributed by atoms with Crippen LogP contribution in [0, 0.1) is 0 Å². The third kappa shape index (κ3) is 2.65. The van der Waals surface area contributed by atoms with E-state index in [0.29, 0.717) is 5.22 Å². The lowest BCUT2D eigenvalue weighted by Crippen LogP contribution is -2.43. The molecule has 124 valence electrons. The van der Waals surface area contributed by atoms with Crippen molar-refractivity contribution in [2.45, 2.75) is 6.42 Å². The first-order valence-electron chi connectivity index (χ1n) is 7.80. The van der Waals surface area contributed by atoms with Gasteiger partial charge in [0.25, 0.3) is 5.56 Å². The number of aliphatic hydroxyl groups is 1. The molecule has 0 bridgehead atoms. The van der Waals surface area contributed by atoms with E-state index in [4.69, 9.17) is 0 Å². The topological polar surface area (TPSA) is 93.6 Å². The summed E-state index contributed by atoms with van der Waals surface area (Å²) in [6.45, 7) is 0. The molecule has 0 saturated heterocycles. The number of aliphatic hydroxyl groups excluding tert-OH is 1. The third-order valence-corrected chi connectivity index (χ3v) is 4.26. The molecule has 3 aromatic rings. The van der Waals surface area contributed by atoms with Crippen molar-refractivity contribution in [1.82, 2.24) is 4.98 Å². The maximum atomic E-state index is 11.9. The number of aromatic hydroxyl groups is 2. The van der Waals surface area contributed by atoms with Crippen molar-refractivity contribution in [3.05, 3.63) is 74.4 Å². The second kappa shape index (κ2) is 5.56. The first-order valence-corrected chi connectivity index (χ1v) is 7.80. The van der Waals surface area contributed by atoms with Crippen molar-refractivity contribution in [2.75, 3.05) is 0 Å². The van der Waals surface area contributed by atoms with Gasteiger partial charge in [0, 0.05) is 17.9 Å². The summed E-state index contributed by atoms with van der Waals surface area (Å²) in [5.74, 6) is -0.115. The third-order valence-electron chi connectivity index (χ3n) is 4.26. The van der Waals surface area contributed by atoms with Crippen molar-refractivity contribution in [3.8, 4) is 11.6 Å². The highest BCUT2D eigenvalue weighted by Gasteiger charge is 2.11. The Morgan fingerprint density at radius 3 is 2.68 bits per heavy atom. The molecule has 1 aromatic heterocycles. The first kappa shape index (κ1) is 15.1. The Kier molecular flexibility index (Phi) is 3.35. The van der Waals surface area contributed by atoms with Crippen LogP contribution in [-0.2, 0) is 0 Å². The lowest BCUT2D eigenvalue weighted by Gasteiger charge is -2.10. The fourth-order valence-electron chi connectivity index (χ4n) is 3.21. The quantitative estimate of drug-likeness (QED) is 0.547. The summed E-state index contributed by atoms with van der Waals surface area (Å²) in [5, 5.41) is 32.3. The Bertz CT molecular complexity index is 1220. The average Bonchev–Trinajstić information content (AvgIpc) is 2.53. The number of phenolic OH excluding ortho intramolecular Hbond substituents is 1. The van der Waals surface area contributed by atoms with E-state index in [-0.39, 0.29) is 29.0 Å². The number of nitrogens with one attached hydrogen (secondary N) is 1. The molecule has 0 saturated carbocycles. The zero-order chi connectivity index (χ0) is 17.6. The standard InChI is InChI=1S/C20H15NO4/c22-16-8-11(6-13-3-1-2-4-15(13)16)5-12-7-14-10-18(24)21-20(25)19(14)17(23)9-12/h1-8,10,22-24H,9H2,(H,21,25). The van der Waals surface area contributed by atoms with E-state index < -0.39 is 5.56 Å². The molecule has 5 heteroatoms. The number of aromatic nitrogens is 1. The Morgan fingerprint density at radius 1 is 1.04 bits per heavy atom. The lowest BCUT2D eigenvalue weighted by molar-refractivity contribution is 0.449. The number of rotatable bonds is 1. The van der Waals surface area contributed by atoms with Gasteiger partial charge in [-0.25, -0.2) is 0 Å². The van der Waals surface area contributed by atoms with Crippen molar-refractivity contribution in [1.29, 1.82) is 0 Å². The van der Waals surface area contributed by atoms with Crippen molar-refractivity contribution >= 4 is 28.7 Å². The van der Waals surface area contributed by atoms with Crippen LogP contribution in [0.5, 0.6) is 11.6 Å². The average molecular weight is 333 g/mol. The molecule has 2 aromatic carbocycles. The highest BCUT2D eigenvalue weighted by Crippen LogP contribution is 2.28. The monoisotopic (exact) mass is 333 g/mol. The number of hydrogen-bond acceptors (Lipinski definition) is 4. The van der Waals surface area contributed by atoms with Gasteiger partial charge in [0.1, 0.15) is 11.5 Å². The van der Waals surface area contributed by atoms with Gasteiger partial charge in [-0.3, -0.25) is 9.78 Å². The van der Waals surface area contributed by atoms with Crippen LogP contribution in [0.3, 0.4) is 0 Å². The molecule has 0 amide bonds. The van der Waals surface area contributed by atoms with Gasteiger partial charge in [0.15, 0.2) is 5.88 Å².